The number of ether oxygens (including phenoxy) is 1. The predicted octanol–water partition coefficient (Wildman–Crippen LogP) is 0.878. The lowest BCUT2D eigenvalue weighted by atomic mass is 9.99. The van der Waals surface area contributed by atoms with Gasteiger partial charge in [0, 0.05) is 24.5 Å². The minimum atomic E-state index is -0.129. The molecule has 2 rings (SSSR count). The van der Waals surface area contributed by atoms with Crippen LogP contribution in [0.1, 0.15) is 0 Å². The van der Waals surface area contributed by atoms with Gasteiger partial charge in [0.2, 0.25) is 0 Å². The van der Waals surface area contributed by atoms with Gasteiger partial charge >= 0.3 is 5.97 Å². The number of rotatable bonds is 2. The Morgan fingerprint density at radius 1 is 1.53 bits per heavy atom. The Bertz CT molecular complexity index is 373. The van der Waals surface area contributed by atoms with Crippen LogP contribution >= 0.6 is 0 Å². The SMILES string of the molecule is COC(=O)C1CN(c2cccc(N)c2)C1. The summed E-state index contributed by atoms with van der Waals surface area (Å²) in [6, 6.07) is 7.66. The number of nitrogen functional groups attached to an aromatic ring is 1. The van der Waals surface area contributed by atoms with Crippen LogP contribution in [0.3, 0.4) is 0 Å². The molecular weight excluding hydrogens is 192 g/mol. The molecule has 2 N–H and O–H groups in total. The normalized spacial score (nSPS) is 15.9. The van der Waals surface area contributed by atoms with Crippen molar-refractivity contribution < 1.29 is 9.53 Å². The van der Waals surface area contributed by atoms with E-state index in [0.29, 0.717) is 0 Å². The second kappa shape index (κ2) is 3.81. The van der Waals surface area contributed by atoms with E-state index < -0.39 is 0 Å². The van der Waals surface area contributed by atoms with E-state index in [1.165, 1.54) is 7.11 Å². The van der Waals surface area contributed by atoms with Crippen molar-refractivity contribution in [2.45, 2.75) is 0 Å². The highest BCUT2D eigenvalue weighted by atomic mass is 16.5. The number of methoxy groups -OCH3 is 1. The highest BCUT2D eigenvalue weighted by molar-refractivity contribution is 5.76. The molecule has 0 aromatic heterocycles. The van der Waals surface area contributed by atoms with Crippen molar-refractivity contribution in [2.24, 2.45) is 5.92 Å². The van der Waals surface area contributed by atoms with Gasteiger partial charge in [-0.05, 0) is 18.2 Å². The van der Waals surface area contributed by atoms with Crippen molar-refractivity contribution in [1.82, 2.24) is 0 Å². The number of carbonyl (C=O) groups is 1. The Balaban J connectivity index is 1.97. The summed E-state index contributed by atoms with van der Waals surface area (Å²) in [4.78, 5) is 13.3. The van der Waals surface area contributed by atoms with Gasteiger partial charge in [0.25, 0.3) is 0 Å². The fraction of sp³-hybridized carbons (Fsp3) is 0.364. The number of anilines is 2. The van der Waals surface area contributed by atoms with Gasteiger partial charge in [-0.1, -0.05) is 6.07 Å². The number of benzene rings is 1. The summed E-state index contributed by atoms with van der Waals surface area (Å²) in [6.45, 7) is 1.44. The van der Waals surface area contributed by atoms with Gasteiger partial charge in [0.15, 0.2) is 0 Å². The van der Waals surface area contributed by atoms with E-state index in [1.54, 1.807) is 0 Å². The predicted molar refractivity (Wildman–Crippen MR) is 58.6 cm³/mol. The van der Waals surface area contributed by atoms with Gasteiger partial charge in [-0.3, -0.25) is 4.79 Å². The third-order valence-electron chi connectivity index (χ3n) is 2.65. The Morgan fingerprint density at radius 3 is 2.87 bits per heavy atom. The van der Waals surface area contributed by atoms with Gasteiger partial charge in [0.1, 0.15) is 0 Å². The Hall–Kier alpha value is -1.71. The number of nitrogens with two attached hydrogens (primary N) is 1. The van der Waals surface area contributed by atoms with Crippen LogP contribution in [0, 0.1) is 5.92 Å². The lowest BCUT2D eigenvalue weighted by molar-refractivity contribution is -0.146. The molecular formula is C11H14N2O2. The number of hydrogen-bond donors (Lipinski definition) is 1. The maximum absolute atomic E-state index is 11.2. The number of nitrogens with zero attached hydrogens (tertiary/aromatic N) is 1. The lowest BCUT2D eigenvalue weighted by Crippen LogP contribution is -2.50. The molecule has 0 spiro atoms. The lowest BCUT2D eigenvalue weighted by Gasteiger charge is -2.39. The summed E-state index contributed by atoms with van der Waals surface area (Å²) in [5, 5.41) is 0. The first kappa shape index (κ1) is 9.83. The maximum Gasteiger partial charge on any atom is 0.312 e. The van der Waals surface area contributed by atoms with Crippen molar-refractivity contribution >= 4 is 17.3 Å². The van der Waals surface area contributed by atoms with Crippen LogP contribution in [0.2, 0.25) is 0 Å². The quantitative estimate of drug-likeness (QED) is 0.576. The van der Waals surface area contributed by atoms with Crippen LogP contribution in [0.15, 0.2) is 24.3 Å². The summed E-state index contributed by atoms with van der Waals surface area (Å²) in [5.74, 6) is -0.119. The molecule has 0 bridgehead atoms. The third-order valence-corrected chi connectivity index (χ3v) is 2.65. The first-order valence-corrected chi connectivity index (χ1v) is 4.89. The highest BCUT2D eigenvalue weighted by Gasteiger charge is 2.33. The van der Waals surface area contributed by atoms with E-state index in [-0.39, 0.29) is 11.9 Å². The second-order valence-electron chi connectivity index (χ2n) is 3.72. The molecule has 1 heterocycles. The second-order valence-corrected chi connectivity index (χ2v) is 3.72. The molecule has 1 fully saturated rings. The van der Waals surface area contributed by atoms with Crippen molar-refractivity contribution in [1.29, 1.82) is 0 Å². The molecule has 0 aliphatic carbocycles. The van der Waals surface area contributed by atoms with Gasteiger partial charge < -0.3 is 15.4 Å². The third kappa shape index (κ3) is 1.88. The molecule has 1 aliphatic rings. The maximum atomic E-state index is 11.2. The van der Waals surface area contributed by atoms with Crippen LogP contribution < -0.4 is 10.6 Å². The fourth-order valence-electron chi connectivity index (χ4n) is 1.73. The van der Waals surface area contributed by atoms with Crippen LogP contribution in [0.25, 0.3) is 0 Å². The van der Waals surface area contributed by atoms with Gasteiger partial charge in [0.05, 0.1) is 13.0 Å². The zero-order valence-corrected chi connectivity index (χ0v) is 8.64. The molecule has 15 heavy (non-hydrogen) atoms. The molecule has 0 unspecified atom stereocenters. The van der Waals surface area contributed by atoms with Crippen LogP contribution in [-0.4, -0.2) is 26.2 Å². The van der Waals surface area contributed by atoms with Gasteiger partial charge in [-0.25, -0.2) is 0 Å². The van der Waals surface area contributed by atoms with Gasteiger partial charge in [-0.15, -0.1) is 0 Å². The molecule has 0 amide bonds. The minimum absolute atomic E-state index is 0.0106. The van der Waals surface area contributed by atoms with E-state index in [1.807, 2.05) is 24.3 Å². The molecule has 1 aliphatic heterocycles. The van der Waals surface area contributed by atoms with Crippen LogP contribution in [0.4, 0.5) is 11.4 Å². The first-order valence-electron chi connectivity index (χ1n) is 4.89. The first-order chi connectivity index (χ1) is 7.20. The largest absolute Gasteiger partial charge is 0.469 e. The molecule has 80 valence electrons. The smallest absolute Gasteiger partial charge is 0.312 e. The van der Waals surface area contributed by atoms with Crippen molar-refractivity contribution in [3.63, 3.8) is 0 Å². The van der Waals surface area contributed by atoms with Crippen molar-refractivity contribution in [3.05, 3.63) is 24.3 Å². The average molecular weight is 206 g/mol. The molecule has 1 aromatic carbocycles. The minimum Gasteiger partial charge on any atom is -0.469 e. The monoisotopic (exact) mass is 206 g/mol. The average Bonchev–Trinajstić information content (AvgIpc) is 2.15. The molecule has 1 saturated heterocycles. The van der Waals surface area contributed by atoms with E-state index in [2.05, 4.69) is 9.64 Å². The van der Waals surface area contributed by atoms with Crippen LogP contribution in [-0.2, 0) is 9.53 Å². The summed E-state index contributed by atoms with van der Waals surface area (Å²) in [5.41, 5.74) is 7.49. The van der Waals surface area contributed by atoms with E-state index in [4.69, 9.17) is 5.73 Å². The number of hydrogen-bond acceptors (Lipinski definition) is 4. The topological polar surface area (TPSA) is 55.6 Å². The summed E-state index contributed by atoms with van der Waals surface area (Å²) in [7, 11) is 1.42. The fourth-order valence-corrected chi connectivity index (χ4v) is 1.73. The summed E-state index contributed by atoms with van der Waals surface area (Å²) < 4.78 is 4.67. The highest BCUT2D eigenvalue weighted by Crippen LogP contribution is 2.26. The molecule has 4 heteroatoms. The zero-order chi connectivity index (χ0) is 10.8. The molecule has 0 saturated carbocycles. The molecule has 0 atom stereocenters. The van der Waals surface area contributed by atoms with E-state index >= 15 is 0 Å². The molecule has 0 radical (unpaired) electrons. The van der Waals surface area contributed by atoms with Crippen molar-refractivity contribution in [2.75, 3.05) is 30.8 Å². The zero-order valence-electron chi connectivity index (χ0n) is 8.64. The Kier molecular flexibility index (Phi) is 2.49. The molecule has 1 aromatic rings. The summed E-state index contributed by atoms with van der Waals surface area (Å²) >= 11 is 0. The standard InChI is InChI=1S/C11H14N2O2/c1-15-11(14)8-6-13(7-8)10-4-2-3-9(12)5-10/h2-5,8H,6-7,12H2,1H3. The van der Waals surface area contributed by atoms with Gasteiger partial charge in [-0.2, -0.15) is 0 Å². The molecule has 4 nitrogen and oxygen atoms in total. The van der Waals surface area contributed by atoms with Crippen LogP contribution in [0.5, 0.6) is 0 Å². The Morgan fingerprint density at radius 2 is 2.27 bits per heavy atom. The van der Waals surface area contributed by atoms with E-state index in [9.17, 15) is 4.79 Å². The summed E-state index contributed by atoms with van der Waals surface area (Å²) in [6.07, 6.45) is 0. The van der Waals surface area contributed by atoms with E-state index in [0.717, 1.165) is 24.5 Å². The Labute approximate surface area is 88.6 Å². The van der Waals surface area contributed by atoms with Crippen molar-refractivity contribution in [3.8, 4) is 0 Å². The number of carbonyl (C=O) groups excluding carboxylic acids is 1. The number of esters is 1.